The third-order valence-corrected chi connectivity index (χ3v) is 6.69. The molecule has 7 nitrogen and oxygen atoms in total. The summed E-state index contributed by atoms with van der Waals surface area (Å²) in [4.78, 5) is 13.4. The van der Waals surface area contributed by atoms with E-state index in [0.29, 0.717) is 22.6 Å². The fourth-order valence-corrected chi connectivity index (χ4v) is 4.85. The maximum absolute atomic E-state index is 14.4. The van der Waals surface area contributed by atoms with Gasteiger partial charge in [-0.3, -0.25) is 4.98 Å². The normalized spacial score (nSPS) is 17.4. The number of benzene rings is 2. The average molecular weight is 512 g/mol. The molecule has 2 N–H and O–H groups in total. The molecule has 0 saturated carbocycles. The van der Waals surface area contributed by atoms with Crippen LogP contribution in [0.1, 0.15) is 23.2 Å². The van der Waals surface area contributed by atoms with Crippen molar-refractivity contribution in [3.05, 3.63) is 89.5 Å². The van der Waals surface area contributed by atoms with Crippen LogP contribution >= 0.6 is 0 Å². The SMILES string of the molecule is Cc1ccc([C@@]2(NS(=O)(=O)c3ccccc3)CCOc3cccnc32)cc1F.O=C(O)C(F)(F)F. The maximum Gasteiger partial charge on any atom is 0.490 e. The highest BCUT2D eigenvalue weighted by Gasteiger charge is 2.44. The van der Waals surface area contributed by atoms with E-state index >= 15 is 0 Å². The van der Waals surface area contributed by atoms with Crippen LogP contribution < -0.4 is 9.46 Å². The van der Waals surface area contributed by atoms with Gasteiger partial charge in [-0.25, -0.2) is 17.6 Å². The third-order valence-electron chi connectivity index (χ3n) is 5.18. The summed E-state index contributed by atoms with van der Waals surface area (Å²) in [6.45, 7) is 1.93. The highest BCUT2D eigenvalue weighted by Crippen LogP contribution is 2.41. The molecule has 1 aliphatic heterocycles. The van der Waals surface area contributed by atoms with Crippen molar-refractivity contribution in [2.24, 2.45) is 0 Å². The van der Waals surface area contributed by atoms with Crippen LogP contribution in [-0.2, 0) is 20.4 Å². The molecule has 0 radical (unpaired) electrons. The topological polar surface area (TPSA) is 106 Å². The largest absolute Gasteiger partial charge is 0.491 e. The van der Waals surface area contributed by atoms with Crippen LogP contribution in [-0.4, -0.2) is 37.3 Å². The predicted octanol–water partition coefficient (Wildman–Crippen LogP) is 4.17. The smallest absolute Gasteiger partial charge is 0.490 e. The fraction of sp³-hybridized carbons (Fsp3) is 0.217. The van der Waals surface area contributed by atoms with E-state index in [1.807, 2.05) is 0 Å². The predicted molar refractivity (Wildman–Crippen MR) is 117 cm³/mol. The lowest BCUT2D eigenvalue weighted by Crippen LogP contribution is -2.50. The first-order valence-electron chi connectivity index (χ1n) is 10.1. The number of sulfonamides is 1. The minimum absolute atomic E-state index is 0.130. The number of carboxylic acids is 1. The Morgan fingerprint density at radius 2 is 1.77 bits per heavy atom. The molecule has 0 saturated heterocycles. The number of carbonyl (C=O) groups is 1. The molecule has 0 fully saturated rings. The molecule has 186 valence electrons. The molecular formula is C23H20F4N2O5S. The van der Waals surface area contributed by atoms with Crippen LogP contribution in [0.4, 0.5) is 17.6 Å². The van der Waals surface area contributed by atoms with E-state index in [4.69, 9.17) is 14.6 Å². The van der Waals surface area contributed by atoms with Crippen LogP contribution in [0.15, 0.2) is 71.8 Å². The number of halogens is 4. The first kappa shape index (κ1) is 26.1. The lowest BCUT2D eigenvalue weighted by molar-refractivity contribution is -0.192. The van der Waals surface area contributed by atoms with E-state index in [9.17, 15) is 26.0 Å². The van der Waals surface area contributed by atoms with E-state index in [-0.39, 0.29) is 17.9 Å². The van der Waals surface area contributed by atoms with Crippen molar-refractivity contribution in [3.63, 3.8) is 0 Å². The van der Waals surface area contributed by atoms with E-state index in [0.717, 1.165) is 0 Å². The lowest BCUT2D eigenvalue weighted by atomic mass is 9.82. The van der Waals surface area contributed by atoms with Crippen molar-refractivity contribution in [1.82, 2.24) is 9.71 Å². The van der Waals surface area contributed by atoms with Gasteiger partial charge in [0.2, 0.25) is 10.0 Å². The number of alkyl halides is 3. The van der Waals surface area contributed by atoms with Crippen molar-refractivity contribution in [2.75, 3.05) is 6.61 Å². The summed E-state index contributed by atoms with van der Waals surface area (Å²) in [6, 6.07) is 16.3. The first-order valence-corrected chi connectivity index (χ1v) is 11.6. The zero-order valence-corrected chi connectivity index (χ0v) is 19.0. The molecule has 35 heavy (non-hydrogen) atoms. The number of nitrogens with zero attached hydrogens (tertiary/aromatic N) is 1. The van der Waals surface area contributed by atoms with Crippen LogP contribution in [0.5, 0.6) is 5.75 Å². The summed E-state index contributed by atoms with van der Waals surface area (Å²) in [5, 5.41) is 7.12. The van der Waals surface area contributed by atoms with Crippen molar-refractivity contribution < 1.29 is 40.6 Å². The van der Waals surface area contributed by atoms with Crippen molar-refractivity contribution in [1.29, 1.82) is 0 Å². The molecule has 1 aromatic heterocycles. The lowest BCUT2D eigenvalue weighted by Gasteiger charge is -2.38. The number of hydrogen-bond acceptors (Lipinski definition) is 5. The molecule has 4 rings (SSSR count). The van der Waals surface area contributed by atoms with Crippen LogP contribution in [0.25, 0.3) is 0 Å². The minimum atomic E-state index is -5.08. The fourth-order valence-electron chi connectivity index (χ4n) is 3.45. The van der Waals surface area contributed by atoms with Gasteiger partial charge in [-0.1, -0.05) is 30.3 Å². The number of pyridine rings is 1. The number of rotatable bonds is 4. The molecule has 0 amide bonds. The summed E-state index contributed by atoms with van der Waals surface area (Å²) in [6.07, 6.45) is -3.23. The van der Waals surface area contributed by atoms with Crippen LogP contribution in [0, 0.1) is 12.7 Å². The van der Waals surface area contributed by atoms with Crippen LogP contribution in [0.2, 0.25) is 0 Å². The van der Waals surface area contributed by atoms with E-state index < -0.39 is 33.5 Å². The summed E-state index contributed by atoms with van der Waals surface area (Å²) < 4.78 is 81.0. The summed E-state index contributed by atoms with van der Waals surface area (Å²) in [5.74, 6) is -2.68. The van der Waals surface area contributed by atoms with Gasteiger partial charge in [-0.05, 0) is 48.4 Å². The van der Waals surface area contributed by atoms with Gasteiger partial charge in [0.15, 0.2) is 0 Å². The Hall–Kier alpha value is -3.51. The van der Waals surface area contributed by atoms with E-state index in [1.54, 1.807) is 55.6 Å². The Labute approximate surface area is 198 Å². The molecule has 12 heteroatoms. The van der Waals surface area contributed by atoms with Gasteiger partial charge in [0.25, 0.3) is 0 Å². The number of carboxylic acid groups (broad SMARTS) is 1. The molecule has 0 aliphatic carbocycles. The first-order chi connectivity index (χ1) is 16.4. The quantitative estimate of drug-likeness (QED) is 0.509. The second-order valence-corrected chi connectivity index (χ2v) is 9.22. The van der Waals surface area contributed by atoms with Gasteiger partial charge in [0.1, 0.15) is 22.8 Å². The number of aryl methyl sites for hydroxylation is 1. The zero-order chi connectivity index (χ0) is 25.9. The Kier molecular flexibility index (Phi) is 7.46. The molecule has 2 heterocycles. The van der Waals surface area contributed by atoms with Gasteiger partial charge in [0, 0.05) is 12.6 Å². The van der Waals surface area contributed by atoms with Crippen molar-refractivity contribution in [2.45, 2.75) is 30.0 Å². The number of fused-ring (bicyclic) bond motifs is 1. The standard InChI is InChI=1S/C21H19FN2O3S.C2HF3O2/c1-15-9-10-16(14-18(15)22)21(11-13-27-19-8-5-12-23-20(19)21)24-28(25,26)17-6-3-2-4-7-17;3-2(4,5)1(6)7/h2-10,12,14,24H,11,13H2,1H3;(H,6,7)/t21-;/m0./s1. The van der Waals surface area contributed by atoms with Crippen molar-refractivity contribution >= 4 is 16.0 Å². The zero-order valence-electron chi connectivity index (χ0n) is 18.2. The molecule has 0 spiro atoms. The van der Waals surface area contributed by atoms with Gasteiger partial charge >= 0.3 is 12.1 Å². The maximum atomic E-state index is 14.4. The molecular weight excluding hydrogens is 492 g/mol. The van der Waals surface area contributed by atoms with Crippen LogP contribution in [0.3, 0.4) is 0 Å². The molecule has 3 aromatic rings. The van der Waals surface area contributed by atoms with Gasteiger partial charge < -0.3 is 9.84 Å². The molecule has 0 unspecified atom stereocenters. The highest BCUT2D eigenvalue weighted by atomic mass is 32.2. The van der Waals surface area contributed by atoms with Gasteiger partial charge in [0.05, 0.1) is 11.5 Å². The molecule has 0 bridgehead atoms. The number of hydrogen-bond donors (Lipinski definition) is 2. The molecule has 1 atom stereocenters. The number of aromatic nitrogens is 1. The van der Waals surface area contributed by atoms with Gasteiger partial charge in [-0.15, -0.1) is 0 Å². The Morgan fingerprint density at radius 1 is 1.11 bits per heavy atom. The average Bonchev–Trinajstić information content (AvgIpc) is 2.81. The second-order valence-electron chi connectivity index (χ2n) is 7.54. The van der Waals surface area contributed by atoms with E-state index in [2.05, 4.69) is 9.71 Å². The minimum Gasteiger partial charge on any atom is -0.491 e. The number of nitrogens with one attached hydrogen (secondary N) is 1. The second kappa shape index (κ2) is 10.0. The highest BCUT2D eigenvalue weighted by molar-refractivity contribution is 7.89. The van der Waals surface area contributed by atoms with Crippen molar-refractivity contribution in [3.8, 4) is 5.75 Å². The monoisotopic (exact) mass is 512 g/mol. The van der Waals surface area contributed by atoms with E-state index in [1.165, 1.54) is 18.2 Å². The third kappa shape index (κ3) is 5.77. The summed E-state index contributed by atoms with van der Waals surface area (Å²) >= 11 is 0. The Balaban J connectivity index is 0.000000429. The molecule has 2 aromatic carbocycles. The van der Waals surface area contributed by atoms with Gasteiger partial charge in [-0.2, -0.15) is 17.9 Å². The molecule has 1 aliphatic rings. The summed E-state index contributed by atoms with van der Waals surface area (Å²) in [7, 11) is -3.90. The Bertz CT molecular complexity index is 1320. The number of ether oxygens (including phenoxy) is 1. The Morgan fingerprint density at radius 3 is 2.37 bits per heavy atom. The summed E-state index contributed by atoms with van der Waals surface area (Å²) in [5.41, 5.74) is 0.151. The number of aliphatic carboxylic acids is 1.